The number of hydrogen-bond donors (Lipinski definition) is 0. The molecule has 1 saturated heterocycles. The molecule has 5 heterocycles. The van der Waals surface area contributed by atoms with Gasteiger partial charge in [0, 0.05) is 50.3 Å². The lowest BCUT2D eigenvalue weighted by Gasteiger charge is -2.35. The van der Waals surface area contributed by atoms with Crippen LogP contribution >= 0.6 is 0 Å². The molecule has 5 rings (SSSR count). The third kappa shape index (κ3) is 3.06. The zero-order chi connectivity index (χ0) is 20.0. The fourth-order valence-electron chi connectivity index (χ4n) is 3.79. The smallest absolute Gasteiger partial charge is 0.203 e. The maximum absolute atomic E-state index is 4.55. The molecule has 148 valence electrons. The number of piperazine rings is 1. The Morgan fingerprint density at radius 3 is 2.34 bits per heavy atom. The summed E-state index contributed by atoms with van der Waals surface area (Å²) in [6, 6.07) is 4.04. The van der Waals surface area contributed by atoms with E-state index in [-0.39, 0.29) is 0 Å². The summed E-state index contributed by atoms with van der Waals surface area (Å²) in [4.78, 5) is 18.0. The molecule has 0 spiro atoms. The minimum Gasteiger partial charge on any atom is -0.353 e. The van der Waals surface area contributed by atoms with Crippen LogP contribution in [-0.4, -0.2) is 65.5 Å². The molecule has 0 aliphatic carbocycles. The van der Waals surface area contributed by atoms with Crippen LogP contribution in [-0.2, 0) is 0 Å². The first-order valence-corrected chi connectivity index (χ1v) is 9.62. The third-order valence-electron chi connectivity index (χ3n) is 5.25. The summed E-state index contributed by atoms with van der Waals surface area (Å²) in [5.41, 5.74) is 2.83. The zero-order valence-corrected chi connectivity index (χ0v) is 16.7. The summed E-state index contributed by atoms with van der Waals surface area (Å²) in [6.07, 6.45) is 5.30. The Morgan fingerprint density at radius 2 is 1.59 bits per heavy atom. The van der Waals surface area contributed by atoms with Gasteiger partial charge in [0.15, 0.2) is 11.6 Å². The van der Waals surface area contributed by atoms with E-state index in [4.69, 9.17) is 0 Å². The monoisotopic (exact) mass is 390 g/mol. The van der Waals surface area contributed by atoms with Crippen LogP contribution in [0.5, 0.6) is 0 Å². The van der Waals surface area contributed by atoms with Gasteiger partial charge in [0.05, 0.1) is 5.69 Å². The van der Waals surface area contributed by atoms with Crippen molar-refractivity contribution >= 4 is 17.3 Å². The van der Waals surface area contributed by atoms with E-state index in [1.54, 1.807) is 12.5 Å². The van der Waals surface area contributed by atoms with Crippen molar-refractivity contribution in [2.24, 2.45) is 0 Å². The number of anilines is 2. The summed E-state index contributed by atoms with van der Waals surface area (Å²) in [6.45, 7) is 9.29. The molecule has 10 heteroatoms. The molecule has 0 bridgehead atoms. The van der Waals surface area contributed by atoms with Gasteiger partial charge in [0.25, 0.3) is 0 Å². The van der Waals surface area contributed by atoms with Crippen LogP contribution in [0.3, 0.4) is 0 Å². The Balaban J connectivity index is 1.36. The highest BCUT2D eigenvalue weighted by atomic mass is 15.4. The lowest BCUT2D eigenvalue weighted by Crippen LogP contribution is -2.47. The van der Waals surface area contributed by atoms with Crippen LogP contribution in [0.15, 0.2) is 30.9 Å². The van der Waals surface area contributed by atoms with Crippen LogP contribution in [0, 0.1) is 20.8 Å². The predicted octanol–water partition coefficient (Wildman–Crippen LogP) is 1.35. The van der Waals surface area contributed by atoms with Gasteiger partial charge in [-0.15, -0.1) is 10.2 Å². The number of aromatic nitrogens is 8. The maximum atomic E-state index is 4.55. The number of nitrogens with zero attached hydrogens (tertiary/aromatic N) is 10. The first kappa shape index (κ1) is 17.5. The van der Waals surface area contributed by atoms with Gasteiger partial charge in [0.2, 0.25) is 5.65 Å². The third-order valence-corrected chi connectivity index (χ3v) is 5.25. The van der Waals surface area contributed by atoms with Crippen LogP contribution in [0.1, 0.15) is 17.2 Å². The van der Waals surface area contributed by atoms with Gasteiger partial charge in [-0.05, 0) is 26.8 Å². The molecule has 10 nitrogen and oxygen atoms in total. The van der Waals surface area contributed by atoms with E-state index >= 15 is 0 Å². The zero-order valence-electron chi connectivity index (χ0n) is 16.7. The predicted molar refractivity (Wildman–Crippen MR) is 109 cm³/mol. The number of aryl methyl sites for hydroxylation is 3. The quantitative estimate of drug-likeness (QED) is 0.518. The van der Waals surface area contributed by atoms with E-state index < -0.39 is 0 Å². The van der Waals surface area contributed by atoms with Crippen molar-refractivity contribution in [3.8, 4) is 5.82 Å². The molecular formula is C19H22N10. The van der Waals surface area contributed by atoms with Crippen molar-refractivity contribution < 1.29 is 0 Å². The van der Waals surface area contributed by atoms with Gasteiger partial charge >= 0.3 is 0 Å². The van der Waals surface area contributed by atoms with Crippen LogP contribution in [0.25, 0.3) is 11.5 Å². The summed E-state index contributed by atoms with van der Waals surface area (Å²) >= 11 is 0. The number of hydrogen-bond acceptors (Lipinski definition) is 8. The Hall–Kier alpha value is -3.56. The lowest BCUT2D eigenvalue weighted by molar-refractivity contribution is 0.640. The molecular weight excluding hydrogens is 368 g/mol. The molecule has 1 fully saturated rings. The molecule has 0 unspecified atom stereocenters. The van der Waals surface area contributed by atoms with Crippen molar-refractivity contribution in [2.45, 2.75) is 20.8 Å². The molecule has 0 aromatic carbocycles. The number of rotatable bonds is 3. The van der Waals surface area contributed by atoms with E-state index in [0.717, 1.165) is 66.5 Å². The molecule has 1 aliphatic rings. The maximum Gasteiger partial charge on any atom is 0.203 e. The molecule has 1 aliphatic heterocycles. The summed E-state index contributed by atoms with van der Waals surface area (Å²) in [5.74, 6) is 3.43. The molecule has 0 atom stereocenters. The molecule has 4 aromatic rings. The van der Waals surface area contributed by atoms with Gasteiger partial charge in [-0.3, -0.25) is 4.40 Å². The van der Waals surface area contributed by atoms with E-state index in [0.29, 0.717) is 0 Å². The van der Waals surface area contributed by atoms with E-state index in [1.807, 2.05) is 48.2 Å². The van der Waals surface area contributed by atoms with E-state index in [1.165, 1.54) is 0 Å². The molecule has 0 radical (unpaired) electrons. The van der Waals surface area contributed by atoms with E-state index in [2.05, 4.69) is 40.0 Å². The second-order valence-corrected chi connectivity index (χ2v) is 7.24. The minimum atomic E-state index is 0.786. The summed E-state index contributed by atoms with van der Waals surface area (Å²) in [7, 11) is 0. The average molecular weight is 390 g/mol. The standard InChI is InChI=1S/C19H22N10/c1-13-10-14(2)29(25-13)17-11-16(21-12-22-17)26-6-8-27(9-7-26)18-19-24-23-15(3)28(19)5-4-20-18/h4-5,10-12H,6-9H2,1-3H3. The molecule has 29 heavy (non-hydrogen) atoms. The molecule has 0 N–H and O–H groups in total. The molecule has 0 amide bonds. The molecule has 0 saturated carbocycles. The van der Waals surface area contributed by atoms with Crippen molar-refractivity contribution in [1.82, 2.24) is 39.3 Å². The van der Waals surface area contributed by atoms with Crippen LogP contribution in [0.4, 0.5) is 11.6 Å². The number of fused-ring (bicyclic) bond motifs is 1. The second-order valence-electron chi connectivity index (χ2n) is 7.24. The van der Waals surface area contributed by atoms with Gasteiger partial charge in [-0.1, -0.05) is 0 Å². The first-order chi connectivity index (χ1) is 14.1. The Bertz CT molecular complexity index is 1170. The van der Waals surface area contributed by atoms with Gasteiger partial charge in [-0.25, -0.2) is 19.6 Å². The summed E-state index contributed by atoms with van der Waals surface area (Å²) in [5, 5.41) is 13.0. The Labute approximate surface area is 167 Å². The highest BCUT2D eigenvalue weighted by Crippen LogP contribution is 2.22. The van der Waals surface area contributed by atoms with Crippen molar-refractivity contribution in [2.75, 3.05) is 36.0 Å². The minimum absolute atomic E-state index is 0.786. The second kappa shape index (κ2) is 6.80. The van der Waals surface area contributed by atoms with Crippen molar-refractivity contribution in [3.05, 3.63) is 48.1 Å². The molecule has 4 aromatic heterocycles. The first-order valence-electron chi connectivity index (χ1n) is 9.62. The highest BCUT2D eigenvalue weighted by molar-refractivity contribution is 5.64. The van der Waals surface area contributed by atoms with E-state index in [9.17, 15) is 0 Å². The highest BCUT2D eigenvalue weighted by Gasteiger charge is 2.22. The summed E-state index contributed by atoms with van der Waals surface area (Å²) < 4.78 is 3.83. The largest absolute Gasteiger partial charge is 0.353 e. The van der Waals surface area contributed by atoms with Crippen LogP contribution in [0.2, 0.25) is 0 Å². The normalized spacial score (nSPS) is 14.7. The van der Waals surface area contributed by atoms with Crippen molar-refractivity contribution in [1.29, 1.82) is 0 Å². The fourth-order valence-corrected chi connectivity index (χ4v) is 3.79. The lowest BCUT2D eigenvalue weighted by atomic mass is 10.3. The van der Waals surface area contributed by atoms with Gasteiger partial charge in [-0.2, -0.15) is 5.10 Å². The SMILES string of the molecule is Cc1cc(C)n(-c2cc(N3CCN(c4nccn5c(C)nnc45)CC3)ncn2)n1. The Morgan fingerprint density at radius 1 is 0.828 bits per heavy atom. The Kier molecular flexibility index (Phi) is 4.11. The van der Waals surface area contributed by atoms with Crippen LogP contribution < -0.4 is 9.80 Å². The van der Waals surface area contributed by atoms with Crippen molar-refractivity contribution in [3.63, 3.8) is 0 Å². The average Bonchev–Trinajstić information content (AvgIpc) is 3.30. The van der Waals surface area contributed by atoms with Gasteiger partial charge in [0.1, 0.15) is 18.0 Å². The topological polar surface area (TPSA) is 93.2 Å². The van der Waals surface area contributed by atoms with Gasteiger partial charge < -0.3 is 9.80 Å². The fraction of sp³-hybridized carbons (Fsp3) is 0.368.